The fraction of sp³-hybridized carbons (Fsp3) is 0.250. The van der Waals surface area contributed by atoms with Crippen LogP contribution in [-0.2, 0) is 12.8 Å². The molecule has 1 unspecified atom stereocenters. The fourth-order valence-corrected chi connectivity index (χ4v) is 2.28. The minimum absolute atomic E-state index is 0.131. The molecule has 0 fully saturated rings. The smallest absolute Gasteiger partial charge is 0.0408 e. The van der Waals surface area contributed by atoms with Crippen LogP contribution in [0.1, 0.15) is 16.7 Å². The van der Waals surface area contributed by atoms with Crippen molar-refractivity contribution in [2.24, 2.45) is 5.73 Å². The average Bonchev–Trinajstić information content (AvgIpc) is 2.32. The maximum Gasteiger partial charge on any atom is 0.0408 e. The molecule has 0 aliphatic heterocycles. The Kier molecular flexibility index (Phi) is 4.40. The highest BCUT2D eigenvalue weighted by Gasteiger charge is 2.05. The summed E-state index contributed by atoms with van der Waals surface area (Å²) in [5.74, 6) is 0. The van der Waals surface area contributed by atoms with Gasteiger partial charge in [-0.15, -0.1) is 0 Å². The molecule has 94 valence electrons. The highest BCUT2D eigenvalue weighted by molar-refractivity contribution is 6.30. The summed E-state index contributed by atoms with van der Waals surface area (Å²) < 4.78 is 0. The van der Waals surface area contributed by atoms with Crippen molar-refractivity contribution in [2.45, 2.75) is 25.8 Å². The van der Waals surface area contributed by atoms with Crippen LogP contribution in [0.4, 0.5) is 0 Å². The lowest BCUT2D eigenvalue weighted by atomic mass is 9.99. The van der Waals surface area contributed by atoms with Gasteiger partial charge in [0.15, 0.2) is 0 Å². The molecule has 0 bridgehead atoms. The Morgan fingerprint density at radius 1 is 1.00 bits per heavy atom. The first-order chi connectivity index (χ1) is 8.63. The summed E-state index contributed by atoms with van der Waals surface area (Å²) in [4.78, 5) is 0. The van der Waals surface area contributed by atoms with E-state index < -0.39 is 0 Å². The standard InChI is InChI=1S/C16H18ClN/c1-12-5-7-13(8-6-12)10-16(18)11-14-3-2-4-15(17)9-14/h2-9,16H,10-11,18H2,1H3. The van der Waals surface area contributed by atoms with Crippen molar-refractivity contribution in [3.63, 3.8) is 0 Å². The molecule has 0 aromatic heterocycles. The molecular weight excluding hydrogens is 242 g/mol. The Balaban J connectivity index is 1.96. The summed E-state index contributed by atoms with van der Waals surface area (Å²) in [5, 5.41) is 0.773. The van der Waals surface area contributed by atoms with Crippen LogP contribution in [0.25, 0.3) is 0 Å². The monoisotopic (exact) mass is 259 g/mol. The summed E-state index contributed by atoms with van der Waals surface area (Å²) in [5.41, 5.74) is 9.95. The number of benzene rings is 2. The number of aryl methyl sites for hydroxylation is 1. The molecule has 1 nitrogen and oxygen atoms in total. The third-order valence-corrected chi connectivity index (χ3v) is 3.24. The van der Waals surface area contributed by atoms with Crippen LogP contribution in [0, 0.1) is 6.92 Å². The maximum atomic E-state index is 6.18. The Morgan fingerprint density at radius 3 is 2.33 bits per heavy atom. The largest absolute Gasteiger partial charge is 0.327 e. The SMILES string of the molecule is Cc1ccc(CC(N)Cc2cccc(Cl)c2)cc1. The Hall–Kier alpha value is -1.31. The number of nitrogens with two attached hydrogens (primary N) is 1. The van der Waals surface area contributed by atoms with Crippen molar-refractivity contribution in [3.8, 4) is 0 Å². The van der Waals surface area contributed by atoms with Gasteiger partial charge in [-0.3, -0.25) is 0 Å². The minimum atomic E-state index is 0.131. The topological polar surface area (TPSA) is 26.0 Å². The number of hydrogen-bond donors (Lipinski definition) is 1. The van der Waals surface area contributed by atoms with Crippen LogP contribution >= 0.6 is 11.6 Å². The van der Waals surface area contributed by atoms with Crippen LogP contribution in [0.2, 0.25) is 5.02 Å². The van der Waals surface area contributed by atoms with E-state index in [0.717, 1.165) is 17.9 Å². The van der Waals surface area contributed by atoms with Gasteiger partial charge in [0.25, 0.3) is 0 Å². The summed E-state index contributed by atoms with van der Waals surface area (Å²) >= 11 is 5.97. The third-order valence-electron chi connectivity index (χ3n) is 3.01. The highest BCUT2D eigenvalue weighted by Crippen LogP contribution is 2.13. The summed E-state index contributed by atoms with van der Waals surface area (Å²) in [6.45, 7) is 2.09. The molecule has 2 heteroatoms. The molecule has 2 aromatic carbocycles. The Labute approximate surface area is 114 Å². The Morgan fingerprint density at radius 2 is 1.67 bits per heavy atom. The number of rotatable bonds is 4. The van der Waals surface area contributed by atoms with Crippen LogP contribution in [0.5, 0.6) is 0 Å². The first-order valence-electron chi connectivity index (χ1n) is 6.19. The molecule has 2 rings (SSSR count). The van der Waals surface area contributed by atoms with E-state index in [1.807, 2.05) is 18.2 Å². The number of hydrogen-bond acceptors (Lipinski definition) is 1. The lowest BCUT2D eigenvalue weighted by Crippen LogP contribution is -2.25. The van der Waals surface area contributed by atoms with E-state index in [9.17, 15) is 0 Å². The molecule has 0 saturated heterocycles. The van der Waals surface area contributed by atoms with Gasteiger partial charge >= 0.3 is 0 Å². The van der Waals surface area contributed by atoms with Gasteiger partial charge in [-0.2, -0.15) is 0 Å². The van der Waals surface area contributed by atoms with Gasteiger partial charge in [-0.25, -0.2) is 0 Å². The van der Waals surface area contributed by atoms with Crippen LogP contribution < -0.4 is 5.73 Å². The third kappa shape index (κ3) is 3.86. The maximum absolute atomic E-state index is 6.18. The molecule has 0 heterocycles. The average molecular weight is 260 g/mol. The summed E-state index contributed by atoms with van der Waals surface area (Å²) in [7, 11) is 0. The predicted octanol–water partition coefficient (Wildman–Crippen LogP) is 3.76. The van der Waals surface area contributed by atoms with E-state index in [1.54, 1.807) is 0 Å². The molecule has 0 aliphatic rings. The first-order valence-corrected chi connectivity index (χ1v) is 6.57. The van der Waals surface area contributed by atoms with Gasteiger partial charge in [0.1, 0.15) is 0 Å². The molecule has 0 radical (unpaired) electrons. The molecule has 0 saturated carbocycles. The van der Waals surface area contributed by atoms with Crippen molar-refractivity contribution in [1.29, 1.82) is 0 Å². The van der Waals surface area contributed by atoms with Crippen LogP contribution in [0.15, 0.2) is 48.5 Å². The molecule has 0 amide bonds. The van der Waals surface area contributed by atoms with E-state index >= 15 is 0 Å². The highest BCUT2D eigenvalue weighted by atomic mass is 35.5. The van der Waals surface area contributed by atoms with Gasteiger partial charge in [0.05, 0.1) is 0 Å². The van der Waals surface area contributed by atoms with E-state index in [4.69, 9.17) is 17.3 Å². The van der Waals surface area contributed by atoms with Crippen molar-refractivity contribution < 1.29 is 0 Å². The van der Waals surface area contributed by atoms with Gasteiger partial charge in [-0.1, -0.05) is 53.6 Å². The van der Waals surface area contributed by atoms with Gasteiger partial charge in [0, 0.05) is 11.1 Å². The lowest BCUT2D eigenvalue weighted by Gasteiger charge is -2.12. The van der Waals surface area contributed by atoms with Gasteiger partial charge in [0.2, 0.25) is 0 Å². The molecule has 18 heavy (non-hydrogen) atoms. The molecule has 1 atom stereocenters. The zero-order chi connectivity index (χ0) is 13.0. The van der Waals surface area contributed by atoms with E-state index in [2.05, 4.69) is 37.3 Å². The molecule has 2 aromatic rings. The van der Waals surface area contributed by atoms with Crippen molar-refractivity contribution >= 4 is 11.6 Å². The predicted molar refractivity (Wildman–Crippen MR) is 78.0 cm³/mol. The molecule has 0 aliphatic carbocycles. The number of halogens is 1. The summed E-state index contributed by atoms with van der Waals surface area (Å²) in [6.07, 6.45) is 1.75. The normalized spacial score (nSPS) is 12.4. The minimum Gasteiger partial charge on any atom is -0.327 e. The molecular formula is C16H18ClN. The lowest BCUT2D eigenvalue weighted by molar-refractivity contribution is 0.665. The second kappa shape index (κ2) is 6.03. The second-order valence-corrected chi connectivity index (χ2v) is 5.22. The van der Waals surface area contributed by atoms with E-state index in [0.29, 0.717) is 0 Å². The van der Waals surface area contributed by atoms with Crippen LogP contribution in [-0.4, -0.2) is 6.04 Å². The second-order valence-electron chi connectivity index (χ2n) is 4.78. The van der Waals surface area contributed by atoms with E-state index in [1.165, 1.54) is 16.7 Å². The van der Waals surface area contributed by atoms with Crippen molar-refractivity contribution in [2.75, 3.05) is 0 Å². The fourth-order valence-electron chi connectivity index (χ4n) is 2.07. The summed E-state index contributed by atoms with van der Waals surface area (Å²) in [6, 6.07) is 16.6. The van der Waals surface area contributed by atoms with E-state index in [-0.39, 0.29) is 6.04 Å². The quantitative estimate of drug-likeness (QED) is 0.889. The zero-order valence-electron chi connectivity index (χ0n) is 10.6. The molecule has 2 N–H and O–H groups in total. The van der Waals surface area contributed by atoms with Crippen molar-refractivity contribution in [1.82, 2.24) is 0 Å². The first kappa shape index (κ1) is 13.1. The van der Waals surface area contributed by atoms with Gasteiger partial charge < -0.3 is 5.73 Å². The zero-order valence-corrected chi connectivity index (χ0v) is 11.3. The van der Waals surface area contributed by atoms with Crippen LogP contribution in [0.3, 0.4) is 0 Å². The van der Waals surface area contributed by atoms with Gasteiger partial charge in [-0.05, 0) is 43.0 Å². The molecule has 0 spiro atoms. The Bertz CT molecular complexity index is 505. The van der Waals surface area contributed by atoms with Crippen molar-refractivity contribution in [3.05, 3.63) is 70.2 Å².